The van der Waals surface area contributed by atoms with E-state index in [2.05, 4.69) is 4.98 Å². The Balaban J connectivity index is 0.000000561. The van der Waals surface area contributed by atoms with Crippen LogP contribution in [0.15, 0.2) is 18.5 Å². The monoisotopic (exact) mass is 167 g/mol. The summed E-state index contributed by atoms with van der Waals surface area (Å²) in [6, 6.07) is 1.67. The second-order valence-electron chi connectivity index (χ2n) is 2.00. The average Bonchev–Trinajstić information content (AvgIpc) is 2.08. The van der Waals surface area contributed by atoms with Gasteiger partial charge in [0, 0.05) is 12.4 Å². The van der Waals surface area contributed by atoms with E-state index in [1.54, 1.807) is 19.2 Å². The van der Waals surface area contributed by atoms with Gasteiger partial charge >= 0.3 is 5.97 Å². The van der Waals surface area contributed by atoms with E-state index in [1.807, 2.05) is 13.8 Å². The number of aromatic nitrogens is 1. The Hall–Kier alpha value is -1.38. The number of carbonyl (C=O) groups is 1. The molecule has 66 valence electrons. The SMILES string of the molecule is CC.Cc1ccncc1C(=O)O. The molecule has 1 aromatic rings. The van der Waals surface area contributed by atoms with Gasteiger partial charge in [0.25, 0.3) is 0 Å². The van der Waals surface area contributed by atoms with Crippen LogP contribution in [0.4, 0.5) is 0 Å². The second kappa shape index (κ2) is 5.29. The number of aromatic carboxylic acids is 1. The molecule has 1 rings (SSSR count). The van der Waals surface area contributed by atoms with Crippen molar-refractivity contribution in [3.05, 3.63) is 29.6 Å². The maximum Gasteiger partial charge on any atom is 0.337 e. The summed E-state index contributed by atoms with van der Waals surface area (Å²) in [5, 5.41) is 8.53. The van der Waals surface area contributed by atoms with Crippen LogP contribution < -0.4 is 0 Å². The van der Waals surface area contributed by atoms with Crippen LogP contribution in [-0.2, 0) is 0 Å². The van der Waals surface area contributed by atoms with Crippen molar-refractivity contribution in [2.24, 2.45) is 0 Å². The molecule has 0 unspecified atom stereocenters. The zero-order valence-electron chi connectivity index (χ0n) is 7.53. The lowest BCUT2D eigenvalue weighted by molar-refractivity contribution is 0.0695. The molecule has 0 aliphatic heterocycles. The molecule has 0 amide bonds. The second-order valence-corrected chi connectivity index (χ2v) is 2.00. The minimum Gasteiger partial charge on any atom is -0.478 e. The summed E-state index contributed by atoms with van der Waals surface area (Å²) in [4.78, 5) is 14.1. The van der Waals surface area contributed by atoms with Crippen molar-refractivity contribution >= 4 is 5.97 Å². The van der Waals surface area contributed by atoms with Crippen LogP contribution in [0, 0.1) is 6.92 Å². The number of carboxylic acid groups (broad SMARTS) is 1. The molecule has 0 fully saturated rings. The highest BCUT2D eigenvalue weighted by Gasteiger charge is 2.03. The van der Waals surface area contributed by atoms with Crippen LogP contribution in [0.5, 0.6) is 0 Å². The van der Waals surface area contributed by atoms with Gasteiger partial charge in [0.15, 0.2) is 0 Å². The normalized spacial score (nSPS) is 8.25. The maximum atomic E-state index is 10.4. The predicted octanol–water partition coefficient (Wildman–Crippen LogP) is 2.11. The molecule has 0 saturated heterocycles. The number of hydrogen-bond donors (Lipinski definition) is 1. The smallest absolute Gasteiger partial charge is 0.337 e. The molecule has 0 atom stereocenters. The van der Waals surface area contributed by atoms with Gasteiger partial charge in [-0.1, -0.05) is 13.8 Å². The van der Waals surface area contributed by atoms with Crippen molar-refractivity contribution in [2.45, 2.75) is 20.8 Å². The summed E-state index contributed by atoms with van der Waals surface area (Å²) in [5.41, 5.74) is 1.00. The fraction of sp³-hybridized carbons (Fsp3) is 0.333. The third-order valence-corrected chi connectivity index (χ3v) is 1.27. The molecule has 0 spiro atoms. The summed E-state index contributed by atoms with van der Waals surface area (Å²) in [7, 11) is 0. The van der Waals surface area contributed by atoms with E-state index in [0.29, 0.717) is 0 Å². The fourth-order valence-corrected chi connectivity index (χ4v) is 0.688. The van der Waals surface area contributed by atoms with Crippen molar-refractivity contribution < 1.29 is 9.90 Å². The number of nitrogens with zero attached hydrogens (tertiary/aromatic N) is 1. The molecule has 0 bridgehead atoms. The zero-order valence-corrected chi connectivity index (χ0v) is 7.53. The van der Waals surface area contributed by atoms with E-state index in [0.717, 1.165) is 5.56 Å². The Morgan fingerprint density at radius 3 is 2.42 bits per heavy atom. The van der Waals surface area contributed by atoms with Crippen LogP contribution in [0.2, 0.25) is 0 Å². The standard InChI is InChI=1S/C7H7NO2.C2H6/c1-5-2-3-8-4-6(5)7(9)10;1-2/h2-4H,1H3,(H,9,10);1-2H3. The highest BCUT2D eigenvalue weighted by Crippen LogP contribution is 2.03. The third kappa shape index (κ3) is 2.70. The number of hydrogen-bond acceptors (Lipinski definition) is 2. The van der Waals surface area contributed by atoms with Gasteiger partial charge in [-0.15, -0.1) is 0 Å². The molecular weight excluding hydrogens is 154 g/mol. The molecule has 3 heteroatoms. The lowest BCUT2D eigenvalue weighted by Gasteiger charge is -1.95. The molecule has 0 saturated carbocycles. The Bertz CT molecular complexity index is 258. The summed E-state index contributed by atoms with van der Waals surface area (Å²) in [6.07, 6.45) is 2.92. The van der Waals surface area contributed by atoms with E-state index < -0.39 is 5.97 Å². The van der Waals surface area contributed by atoms with Crippen LogP contribution in [0.25, 0.3) is 0 Å². The van der Waals surface area contributed by atoms with Crippen LogP contribution in [0.3, 0.4) is 0 Å². The van der Waals surface area contributed by atoms with Crippen molar-refractivity contribution in [1.29, 1.82) is 0 Å². The summed E-state index contributed by atoms with van der Waals surface area (Å²) in [6.45, 7) is 5.74. The van der Waals surface area contributed by atoms with Crippen LogP contribution in [0.1, 0.15) is 29.8 Å². The van der Waals surface area contributed by atoms with E-state index in [1.165, 1.54) is 6.20 Å². The molecule has 3 nitrogen and oxygen atoms in total. The van der Waals surface area contributed by atoms with Gasteiger partial charge in [-0.25, -0.2) is 4.79 Å². The lowest BCUT2D eigenvalue weighted by atomic mass is 10.2. The maximum absolute atomic E-state index is 10.4. The van der Waals surface area contributed by atoms with Crippen molar-refractivity contribution in [3.63, 3.8) is 0 Å². The summed E-state index contributed by atoms with van der Waals surface area (Å²) < 4.78 is 0. The molecule has 0 radical (unpaired) electrons. The van der Waals surface area contributed by atoms with Crippen LogP contribution in [-0.4, -0.2) is 16.1 Å². The largest absolute Gasteiger partial charge is 0.478 e. The van der Waals surface area contributed by atoms with Crippen molar-refractivity contribution in [2.75, 3.05) is 0 Å². The molecule has 0 aliphatic rings. The molecule has 1 aromatic heterocycles. The zero-order chi connectivity index (χ0) is 9.56. The quantitative estimate of drug-likeness (QED) is 0.696. The third-order valence-electron chi connectivity index (χ3n) is 1.27. The Kier molecular flexibility index (Phi) is 4.69. The fourth-order valence-electron chi connectivity index (χ4n) is 0.688. The van der Waals surface area contributed by atoms with Gasteiger partial charge in [-0.2, -0.15) is 0 Å². The summed E-state index contributed by atoms with van der Waals surface area (Å²) >= 11 is 0. The average molecular weight is 167 g/mol. The van der Waals surface area contributed by atoms with Crippen molar-refractivity contribution in [1.82, 2.24) is 4.98 Å². The van der Waals surface area contributed by atoms with E-state index in [4.69, 9.17) is 5.11 Å². The summed E-state index contributed by atoms with van der Waals surface area (Å²) in [5.74, 6) is -0.925. The minimum atomic E-state index is -0.925. The van der Waals surface area contributed by atoms with Gasteiger partial charge in [0.1, 0.15) is 0 Å². The first-order valence-corrected chi connectivity index (χ1v) is 3.85. The van der Waals surface area contributed by atoms with E-state index >= 15 is 0 Å². The number of aryl methyl sites for hydroxylation is 1. The molecule has 0 aromatic carbocycles. The Labute approximate surface area is 72.1 Å². The first-order chi connectivity index (χ1) is 5.72. The Morgan fingerprint density at radius 1 is 1.50 bits per heavy atom. The highest BCUT2D eigenvalue weighted by molar-refractivity contribution is 5.88. The van der Waals surface area contributed by atoms with Crippen LogP contribution >= 0.6 is 0 Å². The molecule has 1 heterocycles. The Morgan fingerprint density at radius 2 is 2.08 bits per heavy atom. The molecule has 12 heavy (non-hydrogen) atoms. The van der Waals surface area contributed by atoms with Gasteiger partial charge in [-0.05, 0) is 18.6 Å². The molecule has 1 N–H and O–H groups in total. The predicted molar refractivity (Wildman–Crippen MR) is 47.3 cm³/mol. The first-order valence-electron chi connectivity index (χ1n) is 3.85. The van der Waals surface area contributed by atoms with Gasteiger partial charge < -0.3 is 5.11 Å². The first kappa shape index (κ1) is 10.6. The molecular formula is C9H13NO2. The minimum absolute atomic E-state index is 0.266. The number of rotatable bonds is 1. The number of carboxylic acids is 1. The number of pyridine rings is 1. The van der Waals surface area contributed by atoms with Gasteiger partial charge in [0.05, 0.1) is 5.56 Å². The topological polar surface area (TPSA) is 50.2 Å². The van der Waals surface area contributed by atoms with E-state index in [-0.39, 0.29) is 5.56 Å². The van der Waals surface area contributed by atoms with Crippen molar-refractivity contribution in [3.8, 4) is 0 Å². The van der Waals surface area contributed by atoms with Gasteiger partial charge in [-0.3, -0.25) is 4.98 Å². The van der Waals surface area contributed by atoms with E-state index in [9.17, 15) is 4.79 Å². The van der Waals surface area contributed by atoms with Gasteiger partial charge in [0.2, 0.25) is 0 Å². The molecule has 0 aliphatic carbocycles. The highest BCUT2D eigenvalue weighted by atomic mass is 16.4. The lowest BCUT2D eigenvalue weighted by Crippen LogP contribution is -1.99.